The fourth-order valence-electron chi connectivity index (χ4n) is 3.58. The van der Waals surface area contributed by atoms with Crippen LogP contribution in [0.1, 0.15) is 18.4 Å². The summed E-state index contributed by atoms with van der Waals surface area (Å²) >= 11 is 0. The number of hydrogen-bond donors (Lipinski definition) is 1. The number of rotatable bonds is 6. The molecule has 1 amide bonds. The summed E-state index contributed by atoms with van der Waals surface area (Å²) < 4.78 is 28.5. The Kier molecular flexibility index (Phi) is 5.91. The molecule has 0 atom stereocenters. The molecule has 1 saturated heterocycles. The zero-order chi connectivity index (χ0) is 21.0. The summed E-state index contributed by atoms with van der Waals surface area (Å²) in [5, 5.41) is 7.10. The predicted octanol–water partition coefficient (Wildman–Crippen LogP) is 2.45. The maximum Gasteiger partial charge on any atom is 0.227 e. The van der Waals surface area contributed by atoms with Crippen LogP contribution in [0.25, 0.3) is 5.82 Å². The molecule has 0 radical (unpaired) electrons. The van der Waals surface area contributed by atoms with Crippen molar-refractivity contribution in [3.05, 3.63) is 72.7 Å². The van der Waals surface area contributed by atoms with Crippen LogP contribution in [-0.4, -0.2) is 46.5 Å². The summed E-state index contributed by atoms with van der Waals surface area (Å²) in [5.74, 6) is 0.141. The van der Waals surface area contributed by atoms with E-state index in [2.05, 4.69) is 15.4 Å². The quantitative estimate of drug-likeness (QED) is 0.654. The molecule has 1 fully saturated rings. The first-order chi connectivity index (χ1) is 14.5. The second-order valence-electron chi connectivity index (χ2n) is 7.23. The molecule has 4 rings (SSSR count). The molecule has 2 aromatic heterocycles. The molecule has 0 saturated carbocycles. The van der Waals surface area contributed by atoms with Gasteiger partial charge in [-0.3, -0.25) is 4.79 Å². The van der Waals surface area contributed by atoms with Gasteiger partial charge in [-0.25, -0.2) is 22.4 Å². The molecule has 3 aromatic rings. The van der Waals surface area contributed by atoms with Gasteiger partial charge in [0.1, 0.15) is 0 Å². The van der Waals surface area contributed by atoms with Gasteiger partial charge in [0, 0.05) is 37.6 Å². The lowest BCUT2D eigenvalue weighted by Crippen LogP contribution is -2.42. The molecule has 3 heterocycles. The zero-order valence-corrected chi connectivity index (χ0v) is 17.2. The summed E-state index contributed by atoms with van der Waals surface area (Å²) in [6.45, 7) is 0.679. The second-order valence-corrected chi connectivity index (χ2v) is 9.20. The lowest BCUT2D eigenvalue weighted by atomic mass is 9.97. The van der Waals surface area contributed by atoms with Gasteiger partial charge in [-0.05, 0) is 36.6 Å². The number of carbonyl (C=O) groups excluding carboxylic acids is 1. The third-order valence-corrected chi connectivity index (χ3v) is 7.03. The van der Waals surface area contributed by atoms with Crippen molar-refractivity contribution in [1.29, 1.82) is 0 Å². The van der Waals surface area contributed by atoms with Crippen LogP contribution >= 0.6 is 0 Å². The zero-order valence-electron chi connectivity index (χ0n) is 16.4. The van der Waals surface area contributed by atoms with Gasteiger partial charge in [-0.1, -0.05) is 30.3 Å². The van der Waals surface area contributed by atoms with E-state index in [1.54, 1.807) is 41.5 Å². The lowest BCUT2D eigenvalue weighted by molar-refractivity contribution is -0.120. The first-order valence-electron chi connectivity index (χ1n) is 9.80. The van der Waals surface area contributed by atoms with Crippen LogP contribution in [-0.2, 0) is 20.6 Å². The molecule has 0 bridgehead atoms. The minimum absolute atomic E-state index is 0.0202. The number of sulfonamides is 1. The van der Waals surface area contributed by atoms with Gasteiger partial charge in [0.15, 0.2) is 5.82 Å². The van der Waals surface area contributed by atoms with E-state index in [1.165, 1.54) is 4.31 Å². The Bertz CT molecular complexity index is 1090. The van der Waals surface area contributed by atoms with Crippen molar-refractivity contribution >= 4 is 21.6 Å². The van der Waals surface area contributed by atoms with Gasteiger partial charge in [0.05, 0.1) is 11.4 Å². The largest absolute Gasteiger partial charge is 0.323 e. The molecule has 0 aliphatic carbocycles. The van der Waals surface area contributed by atoms with E-state index in [-0.39, 0.29) is 17.6 Å². The Morgan fingerprint density at radius 3 is 2.50 bits per heavy atom. The lowest BCUT2D eigenvalue weighted by Gasteiger charge is -2.30. The number of pyridine rings is 1. The number of hydrogen-bond acceptors (Lipinski definition) is 5. The van der Waals surface area contributed by atoms with E-state index in [4.69, 9.17) is 0 Å². The van der Waals surface area contributed by atoms with Crippen LogP contribution in [0, 0.1) is 5.92 Å². The van der Waals surface area contributed by atoms with Crippen LogP contribution in [0.15, 0.2) is 67.1 Å². The van der Waals surface area contributed by atoms with E-state index in [9.17, 15) is 13.2 Å². The van der Waals surface area contributed by atoms with Gasteiger partial charge in [-0.15, -0.1) is 0 Å². The average Bonchev–Trinajstić information content (AvgIpc) is 3.29. The second kappa shape index (κ2) is 8.76. The van der Waals surface area contributed by atoms with E-state index in [1.807, 2.05) is 30.3 Å². The summed E-state index contributed by atoms with van der Waals surface area (Å²) in [5.41, 5.74) is 1.34. The SMILES string of the molecule is O=C(Nc1cccnc1-n1cccn1)C1CCN(S(=O)(=O)Cc2ccccc2)CC1. The number of amides is 1. The molecule has 9 heteroatoms. The molecule has 8 nitrogen and oxygen atoms in total. The summed E-state index contributed by atoms with van der Waals surface area (Å²) in [6, 6.07) is 14.5. The van der Waals surface area contributed by atoms with Crippen molar-refractivity contribution in [1.82, 2.24) is 19.1 Å². The smallest absolute Gasteiger partial charge is 0.227 e. The number of anilines is 1. The highest BCUT2D eigenvalue weighted by atomic mass is 32.2. The van der Waals surface area contributed by atoms with Gasteiger partial charge in [0.25, 0.3) is 0 Å². The van der Waals surface area contributed by atoms with Crippen molar-refractivity contribution in [3.8, 4) is 5.82 Å². The number of carbonyl (C=O) groups is 1. The Labute approximate surface area is 175 Å². The maximum atomic E-state index is 12.8. The molecule has 1 aliphatic heterocycles. The van der Waals surface area contributed by atoms with Crippen molar-refractivity contribution < 1.29 is 13.2 Å². The van der Waals surface area contributed by atoms with Crippen LogP contribution in [0.5, 0.6) is 0 Å². The molecular formula is C21H23N5O3S. The first-order valence-corrected chi connectivity index (χ1v) is 11.4. The third-order valence-electron chi connectivity index (χ3n) is 5.18. The molecule has 1 aromatic carbocycles. The minimum Gasteiger partial charge on any atom is -0.323 e. The highest BCUT2D eigenvalue weighted by molar-refractivity contribution is 7.88. The minimum atomic E-state index is -3.40. The summed E-state index contributed by atoms with van der Waals surface area (Å²) in [4.78, 5) is 17.1. The number of nitrogens with zero attached hydrogens (tertiary/aromatic N) is 4. The Balaban J connectivity index is 1.37. The van der Waals surface area contributed by atoms with Gasteiger partial charge < -0.3 is 5.32 Å². The van der Waals surface area contributed by atoms with Crippen molar-refractivity contribution in [2.75, 3.05) is 18.4 Å². The fourth-order valence-corrected chi connectivity index (χ4v) is 5.14. The number of piperidine rings is 1. The summed E-state index contributed by atoms with van der Waals surface area (Å²) in [6.07, 6.45) is 6.01. The van der Waals surface area contributed by atoms with Crippen LogP contribution in [0.2, 0.25) is 0 Å². The van der Waals surface area contributed by atoms with Crippen molar-refractivity contribution in [2.24, 2.45) is 5.92 Å². The van der Waals surface area contributed by atoms with Crippen LogP contribution < -0.4 is 5.32 Å². The van der Waals surface area contributed by atoms with Crippen LogP contribution in [0.4, 0.5) is 5.69 Å². The van der Waals surface area contributed by atoms with Gasteiger partial charge in [0.2, 0.25) is 15.9 Å². The third kappa shape index (κ3) is 4.58. The average molecular weight is 426 g/mol. The molecule has 1 aliphatic rings. The van der Waals surface area contributed by atoms with Crippen molar-refractivity contribution in [3.63, 3.8) is 0 Å². The topological polar surface area (TPSA) is 97.2 Å². The maximum absolute atomic E-state index is 12.8. The predicted molar refractivity (Wildman–Crippen MR) is 113 cm³/mol. The Morgan fingerprint density at radius 1 is 1.03 bits per heavy atom. The first kappa shape index (κ1) is 20.2. The summed E-state index contributed by atoms with van der Waals surface area (Å²) in [7, 11) is -3.40. The molecule has 0 unspecified atom stereocenters. The highest BCUT2D eigenvalue weighted by Gasteiger charge is 2.31. The monoisotopic (exact) mass is 425 g/mol. The fraction of sp³-hybridized carbons (Fsp3) is 0.286. The normalized spacial score (nSPS) is 15.7. The molecule has 156 valence electrons. The number of aromatic nitrogens is 3. The van der Waals surface area contributed by atoms with Crippen molar-refractivity contribution in [2.45, 2.75) is 18.6 Å². The van der Waals surface area contributed by atoms with E-state index in [0.29, 0.717) is 37.4 Å². The standard InChI is InChI=1S/C21H23N5O3S/c27-21(24-19-8-4-11-22-20(19)26-13-5-12-23-26)18-9-14-25(15-10-18)30(28,29)16-17-6-2-1-3-7-17/h1-8,11-13,18H,9-10,14-16H2,(H,24,27). The number of benzene rings is 1. The van der Waals surface area contributed by atoms with Crippen LogP contribution in [0.3, 0.4) is 0 Å². The Morgan fingerprint density at radius 2 is 1.80 bits per heavy atom. The highest BCUT2D eigenvalue weighted by Crippen LogP contribution is 2.24. The molecule has 0 spiro atoms. The number of nitrogens with one attached hydrogen (secondary N) is 1. The Hall–Kier alpha value is -3.04. The molecule has 1 N–H and O–H groups in total. The van der Waals surface area contributed by atoms with Gasteiger partial charge >= 0.3 is 0 Å². The van der Waals surface area contributed by atoms with E-state index in [0.717, 1.165) is 5.56 Å². The van der Waals surface area contributed by atoms with Gasteiger partial charge in [-0.2, -0.15) is 5.10 Å². The van der Waals surface area contributed by atoms with E-state index >= 15 is 0 Å². The van der Waals surface area contributed by atoms with E-state index < -0.39 is 10.0 Å². The molecule has 30 heavy (non-hydrogen) atoms. The molecular weight excluding hydrogens is 402 g/mol.